The number of amides is 1. The quantitative estimate of drug-likeness (QED) is 0.201. The van der Waals surface area contributed by atoms with E-state index in [0.29, 0.717) is 26.4 Å². The predicted molar refractivity (Wildman–Crippen MR) is 92.6 cm³/mol. The fraction of sp³-hybridized carbons (Fsp3) is 0.824. The summed E-state index contributed by atoms with van der Waals surface area (Å²) < 4.78 is 26.6. The van der Waals surface area contributed by atoms with Crippen molar-refractivity contribution in [1.29, 1.82) is 0 Å². The lowest BCUT2D eigenvalue weighted by Gasteiger charge is -2.42. The molecule has 0 bridgehead atoms. The molecule has 0 saturated carbocycles. The average Bonchev–Trinajstić information content (AvgIpc) is 2.64. The van der Waals surface area contributed by atoms with E-state index in [1.54, 1.807) is 0 Å². The van der Waals surface area contributed by atoms with Crippen LogP contribution in [-0.4, -0.2) is 105 Å². The molecule has 1 aliphatic heterocycles. The topological polar surface area (TPSA) is 136 Å². The van der Waals surface area contributed by atoms with Crippen LogP contribution in [0.15, 0.2) is 0 Å². The molecule has 1 saturated heterocycles. The van der Waals surface area contributed by atoms with Crippen LogP contribution in [0.2, 0.25) is 0 Å². The van der Waals surface area contributed by atoms with E-state index in [9.17, 15) is 20.1 Å². The molecule has 1 heterocycles. The molecule has 1 aliphatic rings. The van der Waals surface area contributed by atoms with Crippen molar-refractivity contribution in [3.05, 3.63) is 0 Å². The van der Waals surface area contributed by atoms with Crippen molar-refractivity contribution in [1.82, 2.24) is 5.32 Å². The molecule has 10 heteroatoms. The van der Waals surface area contributed by atoms with Gasteiger partial charge in [-0.1, -0.05) is 5.92 Å². The Balaban J connectivity index is 2.24. The van der Waals surface area contributed by atoms with Crippen molar-refractivity contribution in [3.8, 4) is 12.3 Å². The van der Waals surface area contributed by atoms with Crippen LogP contribution in [0.5, 0.6) is 0 Å². The fourth-order valence-electron chi connectivity index (χ4n) is 2.41. The molecule has 4 N–H and O–H groups in total. The summed E-state index contributed by atoms with van der Waals surface area (Å²) in [6.45, 7) is 2.93. The van der Waals surface area contributed by atoms with Gasteiger partial charge in [0.05, 0.1) is 46.2 Å². The van der Waals surface area contributed by atoms with Crippen LogP contribution in [0, 0.1) is 12.3 Å². The third-order valence-electron chi connectivity index (χ3n) is 3.69. The molecule has 5 atom stereocenters. The highest BCUT2D eigenvalue weighted by atomic mass is 16.7. The van der Waals surface area contributed by atoms with E-state index < -0.39 is 43.2 Å². The molecule has 1 amide bonds. The Morgan fingerprint density at radius 3 is 2.22 bits per heavy atom. The zero-order chi connectivity index (χ0) is 20.1. The first-order chi connectivity index (χ1) is 13.0. The average molecular weight is 391 g/mol. The summed E-state index contributed by atoms with van der Waals surface area (Å²) in [6.07, 6.45) is 0.315. The summed E-state index contributed by atoms with van der Waals surface area (Å²) >= 11 is 0. The molecular formula is C17H29NO9. The number of aliphatic hydroxyl groups is 3. The first-order valence-electron chi connectivity index (χ1n) is 8.69. The highest BCUT2D eigenvalue weighted by Crippen LogP contribution is 2.22. The van der Waals surface area contributed by atoms with Gasteiger partial charge in [0.15, 0.2) is 6.29 Å². The van der Waals surface area contributed by atoms with E-state index in [1.807, 2.05) is 0 Å². The summed E-state index contributed by atoms with van der Waals surface area (Å²) in [5, 5.41) is 31.7. The Labute approximate surface area is 158 Å². The maximum atomic E-state index is 11.3. The zero-order valence-corrected chi connectivity index (χ0v) is 15.4. The molecule has 1 fully saturated rings. The van der Waals surface area contributed by atoms with Gasteiger partial charge in [-0.25, -0.2) is 0 Å². The molecule has 0 aromatic heterocycles. The van der Waals surface area contributed by atoms with Gasteiger partial charge in [-0.3, -0.25) is 4.79 Å². The number of carbonyl (C=O) groups is 1. The monoisotopic (exact) mass is 391 g/mol. The number of rotatable bonds is 13. The summed E-state index contributed by atoms with van der Waals surface area (Å²) in [5.74, 6) is 1.94. The lowest BCUT2D eigenvalue weighted by Crippen LogP contribution is -2.64. The summed E-state index contributed by atoms with van der Waals surface area (Å²) in [5.41, 5.74) is 0. The normalized spacial score (nSPS) is 27.9. The minimum Gasteiger partial charge on any atom is -0.394 e. The molecule has 0 radical (unpaired) electrons. The number of aliphatic hydroxyl groups excluding tert-OH is 3. The summed E-state index contributed by atoms with van der Waals surface area (Å²) in [7, 11) is 0. The van der Waals surface area contributed by atoms with Crippen LogP contribution in [0.3, 0.4) is 0 Å². The van der Waals surface area contributed by atoms with Gasteiger partial charge in [-0.05, 0) is 0 Å². The molecule has 10 nitrogen and oxygen atoms in total. The van der Waals surface area contributed by atoms with E-state index in [2.05, 4.69) is 11.2 Å². The second-order valence-corrected chi connectivity index (χ2v) is 5.79. The van der Waals surface area contributed by atoms with E-state index in [0.717, 1.165) is 0 Å². The SMILES string of the molecule is C#CCOCCOCCOCCO[C@H]1O[C@H](CO)[C@@H](O)[C@H](O)[C@H]1NC(C)=O. The van der Waals surface area contributed by atoms with Crippen LogP contribution in [0.4, 0.5) is 0 Å². The third kappa shape index (κ3) is 8.96. The van der Waals surface area contributed by atoms with Gasteiger partial charge in [0.2, 0.25) is 5.91 Å². The zero-order valence-electron chi connectivity index (χ0n) is 15.4. The highest BCUT2D eigenvalue weighted by Gasteiger charge is 2.45. The number of hydrogen-bond donors (Lipinski definition) is 4. The molecule has 0 spiro atoms. The molecule has 156 valence electrons. The van der Waals surface area contributed by atoms with Crippen molar-refractivity contribution in [3.63, 3.8) is 0 Å². The van der Waals surface area contributed by atoms with Gasteiger partial charge >= 0.3 is 0 Å². The Morgan fingerprint density at radius 2 is 1.67 bits per heavy atom. The lowest BCUT2D eigenvalue weighted by molar-refractivity contribution is -0.272. The first kappa shape index (κ1) is 23.7. The summed E-state index contributed by atoms with van der Waals surface area (Å²) in [6, 6.07) is -0.966. The van der Waals surface area contributed by atoms with Gasteiger partial charge in [0, 0.05) is 6.92 Å². The molecule has 27 heavy (non-hydrogen) atoms. The third-order valence-corrected chi connectivity index (χ3v) is 3.69. The Kier molecular flexibility index (Phi) is 12.2. The van der Waals surface area contributed by atoms with Gasteiger partial charge in [0.1, 0.15) is 31.0 Å². The minimum absolute atomic E-state index is 0.118. The van der Waals surface area contributed by atoms with Crippen molar-refractivity contribution >= 4 is 5.91 Å². The van der Waals surface area contributed by atoms with Crippen molar-refractivity contribution < 1.29 is 43.8 Å². The molecule has 0 aromatic rings. The van der Waals surface area contributed by atoms with Crippen molar-refractivity contribution in [2.75, 3.05) is 52.9 Å². The first-order valence-corrected chi connectivity index (χ1v) is 8.69. The smallest absolute Gasteiger partial charge is 0.217 e. The second-order valence-electron chi connectivity index (χ2n) is 5.79. The summed E-state index contributed by atoms with van der Waals surface area (Å²) in [4.78, 5) is 11.3. The molecule has 0 aromatic carbocycles. The Bertz CT molecular complexity index is 456. The highest BCUT2D eigenvalue weighted by molar-refractivity contribution is 5.73. The maximum absolute atomic E-state index is 11.3. The van der Waals surface area contributed by atoms with Gasteiger partial charge in [0.25, 0.3) is 0 Å². The number of ether oxygens (including phenoxy) is 5. The molecular weight excluding hydrogens is 362 g/mol. The van der Waals surface area contributed by atoms with Crippen LogP contribution in [0.25, 0.3) is 0 Å². The predicted octanol–water partition coefficient (Wildman–Crippen LogP) is -2.37. The standard InChI is InChI=1S/C17H29NO9/c1-3-4-23-5-6-24-7-8-25-9-10-26-17-14(18-12(2)20)16(22)15(21)13(11-19)27-17/h1,13-17,19,21-22H,4-11H2,2H3,(H,18,20)/t13-,14-,15-,16-,17+/m1/s1. The van der Waals surface area contributed by atoms with Crippen molar-refractivity contribution in [2.45, 2.75) is 37.6 Å². The Hall–Kier alpha value is -1.29. The maximum Gasteiger partial charge on any atom is 0.217 e. The van der Waals surface area contributed by atoms with Gasteiger partial charge in [-0.15, -0.1) is 6.42 Å². The molecule has 1 rings (SSSR count). The number of nitrogens with one attached hydrogen (secondary N) is 1. The lowest BCUT2D eigenvalue weighted by atomic mass is 9.97. The van der Waals surface area contributed by atoms with Crippen LogP contribution in [0.1, 0.15) is 6.92 Å². The molecule has 0 unspecified atom stereocenters. The minimum atomic E-state index is -1.34. The second kappa shape index (κ2) is 13.8. The Morgan fingerprint density at radius 1 is 1.07 bits per heavy atom. The van der Waals surface area contributed by atoms with E-state index in [4.69, 9.17) is 30.1 Å². The van der Waals surface area contributed by atoms with Crippen LogP contribution >= 0.6 is 0 Å². The number of carbonyl (C=O) groups excluding carboxylic acids is 1. The number of terminal acetylenes is 1. The van der Waals surface area contributed by atoms with E-state index >= 15 is 0 Å². The number of hydrogen-bond acceptors (Lipinski definition) is 9. The van der Waals surface area contributed by atoms with E-state index in [-0.39, 0.29) is 19.8 Å². The van der Waals surface area contributed by atoms with Crippen LogP contribution < -0.4 is 5.32 Å². The largest absolute Gasteiger partial charge is 0.394 e. The van der Waals surface area contributed by atoms with Gasteiger partial charge in [-0.2, -0.15) is 0 Å². The van der Waals surface area contributed by atoms with Gasteiger partial charge < -0.3 is 44.3 Å². The molecule has 0 aliphatic carbocycles. The van der Waals surface area contributed by atoms with E-state index in [1.165, 1.54) is 6.92 Å². The fourth-order valence-corrected chi connectivity index (χ4v) is 2.41. The van der Waals surface area contributed by atoms with Crippen LogP contribution in [-0.2, 0) is 28.5 Å². The van der Waals surface area contributed by atoms with Crippen molar-refractivity contribution in [2.24, 2.45) is 0 Å².